The minimum Gasteiger partial charge on any atom is -0.369 e. The molecule has 1 saturated heterocycles. The number of carbonyl (C=O) groups is 1. The predicted octanol–water partition coefficient (Wildman–Crippen LogP) is 2.63. The summed E-state index contributed by atoms with van der Waals surface area (Å²) in [5.74, 6) is 0.912. The summed E-state index contributed by atoms with van der Waals surface area (Å²) in [7, 11) is 0. The first kappa shape index (κ1) is 19.8. The number of urea groups is 1. The molecule has 0 radical (unpaired) electrons. The molecule has 9 nitrogen and oxygen atoms in total. The number of benzene rings is 1. The van der Waals surface area contributed by atoms with Gasteiger partial charge in [-0.25, -0.2) is 14.8 Å². The molecule has 0 bridgehead atoms. The minimum absolute atomic E-state index is 0.291. The van der Waals surface area contributed by atoms with E-state index >= 15 is 0 Å². The fourth-order valence-corrected chi connectivity index (χ4v) is 3.42. The van der Waals surface area contributed by atoms with Gasteiger partial charge in [-0.15, -0.1) is 0 Å². The highest BCUT2D eigenvalue weighted by atomic mass is 16.2. The number of rotatable bonds is 5. The Hall–Kier alpha value is -3.46. The third kappa shape index (κ3) is 4.57. The highest BCUT2D eigenvalue weighted by Crippen LogP contribution is 2.23. The second-order valence-electron chi connectivity index (χ2n) is 7.15. The van der Waals surface area contributed by atoms with Gasteiger partial charge in [0.25, 0.3) is 0 Å². The SMILES string of the molecule is CCNC(=O)Nc1cc(C)c2cnc(Nc3ccc(N4CCNCC4)cc3)nc2n1. The van der Waals surface area contributed by atoms with Crippen LogP contribution >= 0.6 is 0 Å². The molecule has 4 N–H and O–H groups in total. The van der Waals surface area contributed by atoms with Crippen LogP contribution in [0.15, 0.2) is 36.5 Å². The molecule has 156 valence electrons. The summed E-state index contributed by atoms with van der Waals surface area (Å²) in [5.41, 5.74) is 3.58. The number of hydrogen-bond donors (Lipinski definition) is 4. The Morgan fingerprint density at radius 2 is 1.93 bits per heavy atom. The number of aryl methyl sites for hydroxylation is 1. The molecule has 0 atom stereocenters. The normalized spacial score (nSPS) is 13.9. The van der Waals surface area contributed by atoms with E-state index in [0.717, 1.165) is 42.8 Å². The Balaban J connectivity index is 1.51. The first-order chi connectivity index (χ1) is 14.6. The zero-order valence-electron chi connectivity index (χ0n) is 17.2. The van der Waals surface area contributed by atoms with Gasteiger partial charge in [0, 0.05) is 55.7 Å². The van der Waals surface area contributed by atoms with Gasteiger partial charge in [0.05, 0.1) is 0 Å². The average molecular weight is 406 g/mol. The van der Waals surface area contributed by atoms with Crippen LogP contribution in [-0.4, -0.2) is 53.7 Å². The standard InChI is InChI=1S/C21H26N8O/c1-3-23-21(30)27-18-12-14(2)17-13-24-20(28-19(17)26-18)25-15-4-6-16(7-5-15)29-10-8-22-9-11-29/h4-7,12-13,22H,3,8-11H2,1-2H3,(H3,23,24,25,26,27,28,30). The second kappa shape index (κ2) is 8.91. The number of anilines is 4. The Bertz CT molecular complexity index is 1030. The van der Waals surface area contributed by atoms with Crippen LogP contribution < -0.4 is 26.2 Å². The summed E-state index contributed by atoms with van der Waals surface area (Å²) in [5, 5.41) is 12.9. The van der Waals surface area contributed by atoms with Crippen LogP contribution in [0.1, 0.15) is 12.5 Å². The number of fused-ring (bicyclic) bond motifs is 1. The highest BCUT2D eigenvalue weighted by molar-refractivity contribution is 5.90. The molecule has 9 heteroatoms. The first-order valence-corrected chi connectivity index (χ1v) is 10.1. The van der Waals surface area contributed by atoms with Crippen molar-refractivity contribution >= 4 is 40.2 Å². The maximum atomic E-state index is 11.8. The van der Waals surface area contributed by atoms with Crippen molar-refractivity contribution in [2.24, 2.45) is 0 Å². The fourth-order valence-electron chi connectivity index (χ4n) is 3.42. The van der Waals surface area contributed by atoms with E-state index in [0.29, 0.717) is 24.0 Å². The van der Waals surface area contributed by atoms with E-state index in [1.165, 1.54) is 5.69 Å². The van der Waals surface area contributed by atoms with Gasteiger partial charge >= 0.3 is 6.03 Å². The molecule has 3 heterocycles. The molecule has 1 fully saturated rings. The molecule has 0 saturated carbocycles. The van der Waals surface area contributed by atoms with Crippen molar-refractivity contribution in [1.29, 1.82) is 0 Å². The van der Waals surface area contributed by atoms with Crippen LogP contribution in [0.4, 0.5) is 27.9 Å². The van der Waals surface area contributed by atoms with Crippen molar-refractivity contribution < 1.29 is 4.79 Å². The van der Waals surface area contributed by atoms with Crippen LogP contribution in [0.25, 0.3) is 11.0 Å². The molecule has 2 amide bonds. The number of nitrogens with zero attached hydrogens (tertiary/aromatic N) is 4. The molecular formula is C21H26N8O. The van der Waals surface area contributed by atoms with Gasteiger partial charge in [-0.1, -0.05) is 0 Å². The van der Waals surface area contributed by atoms with Gasteiger partial charge < -0.3 is 20.9 Å². The number of pyridine rings is 1. The van der Waals surface area contributed by atoms with Crippen molar-refractivity contribution in [2.45, 2.75) is 13.8 Å². The number of carbonyl (C=O) groups excluding carboxylic acids is 1. The van der Waals surface area contributed by atoms with Crippen LogP contribution in [0.2, 0.25) is 0 Å². The lowest BCUT2D eigenvalue weighted by molar-refractivity contribution is 0.252. The van der Waals surface area contributed by atoms with E-state index in [2.05, 4.69) is 53.3 Å². The molecule has 1 aliphatic rings. The van der Waals surface area contributed by atoms with Crippen molar-refractivity contribution in [2.75, 3.05) is 48.3 Å². The Kier molecular flexibility index (Phi) is 5.89. The minimum atomic E-state index is -0.291. The van der Waals surface area contributed by atoms with Crippen LogP contribution in [0, 0.1) is 6.92 Å². The lowest BCUT2D eigenvalue weighted by Gasteiger charge is -2.29. The van der Waals surface area contributed by atoms with Gasteiger partial charge in [0.15, 0.2) is 5.65 Å². The summed E-state index contributed by atoms with van der Waals surface area (Å²) >= 11 is 0. The average Bonchev–Trinajstić information content (AvgIpc) is 2.75. The molecule has 0 spiro atoms. The first-order valence-electron chi connectivity index (χ1n) is 10.1. The molecule has 3 aromatic rings. The van der Waals surface area contributed by atoms with E-state index in [4.69, 9.17) is 0 Å². The van der Waals surface area contributed by atoms with Crippen LogP contribution in [-0.2, 0) is 0 Å². The smallest absolute Gasteiger partial charge is 0.320 e. The third-order valence-electron chi connectivity index (χ3n) is 4.96. The summed E-state index contributed by atoms with van der Waals surface area (Å²) in [6.07, 6.45) is 1.75. The van der Waals surface area contributed by atoms with Crippen molar-refractivity contribution in [1.82, 2.24) is 25.6 Å². The topological polar surface area (TPSA) is 107 Å². The van der Waals surface area contributed by atoms with Crippen molar-refractivity contribution in [3.8, 4) is 0 Å². The monoisotopic (exact) mass is 406 g/mol. The third-order valence-corrected chi connectivity index (χ3v) is 4.96. The van der Waals surface area contributed by atoms with E-state index in [1.54, 1.807) is 6.20 Å². The summed E-state index contributed by atoms with van der Waals surface area (Å²) in [6, 6.07) is 9.77. The van der Waals surface area contributed by atoms with E-state index in [-0.39, 0.29) is 6.03 Å². The van der Waals surface area contributed by atoms with Gasteiger partial charge in [-0.3, -0.25) is 5.32 Å². The zero-order chi connectivity index (χ0) is 20.9. The van der Waals surface area contributed by atoms with E-state index < -0.39 is 0 Å². The van der Waals surface area contributed by atoms with Crippen LogP contribution in [0.5, 0.6) is 0 Å². The molecule has 0 aliphatic carbocycles. The lowest BCUT2D eigenvalue weighted by Crippen LogP contribution is -2.43. The molecule has 30 heavy (non-hydrogen) atoms. The second-order valence-corrected chi connectivity index (χ2v) is 7.15. The van der Waals surface area contributed by atoms with Gasteiger partial charge in [-0.2, -0.15) is 4.98 Å². The molecule has 2 aromatic heterocycles. The Labute approximate surface area is 175 Å². The van der Waals surface area contributed by atoms with Crippen LogP contribution in [0.3, 0.4) is 0 Å². The summed E-state index contributed by atoms with van der Waals surface area (Å²) in [4.78, 5) is 27.6. The zero-order valence-corrected chi connectivity index (χ0v) is 17.2. The molecule has 1 aliphatic heterocycles. The lowest BCUT2D eigenvalue weighted by atomic mass is 10.2. The highest BCUT2D eigenvalue weighted by Gasteiger charge is 2.11. The van der Waals surface area contributed by atoms with Crippen molar-refractivity contribution in [3.63, 3.8) is 0 Å². The number of nitrogens with one attached hydrogen (secondary N) is 4. The summed E-state index contributed by atoms with van der Waals surface area (Å²) < 4.78 is 0. The molecular weight excluding hydrogens is 380 g/mol. The summed E-state index contributed by atoms with van der Waals surface area (Å²) in [6.45, 7) is 8.39. The molecule has 1 aromatic carbocycles. The number of amides is 2. The van der Waals surface area contributed by atoms with E-state index in [9.17, 15) is 4.79 Å². The largest absolute Gasteiger partial charge is 0.369 e. The van der Waals surface area contributed by atoms with Gasteiger partial charge in [-0.05, 0) is 49.7 Å². The number of piperazine rings is 1. The van der Waals surface area contributed by atoms with E-state index in [1.807, 2.05) is 32.0 Å². The molecule has 4 rings (SSSR count). The number of aromatic nitrogens is 3. The maximum absolute atomic E-state index is 11.8. The fraction of sp³-hybridized carbons (Fsp3) is 0.333. The Morgan fingerprint density at radius 3 is 2.67 bits per heavy atom. The maximum Gasteiger partial charge on any atom is 0.320 e. The number of hydrogen-bond acceptors (Lipinski definition) is 7. The van der Waals surface area contributed by atoms with Crippen molar-refractivity contribution in [3.05, 3.63) is 42.1 Å². The van der Waals surface area contributed by atoms with Gasteiger partial charge in [0.2, 0.25) is 5.95 Å². The van der Waals surface area contributed by atoms with Gasteiger partial charge in [0.1, 0.15) is 5.82 Å². The predicted molar refractivity (Wildman–Crippen MR) is 120 cm³/mol. The Morgan fingerprint density at radius 1 is 1.17 bits per heavy atom. The quantitative estimate of drug-likeness (QED) is 0.516. The molecule has 0 unspecified atom stereocenters.